The Kier molecular flexibility index (Phi) is 3.48. The summed E-state index contributed by atoms with van der Waals surface area (Å²) in [5.74, 6) is -2.08. The number of carboxylic acid groups (broad SMARTS) is 1. The fourth-order valence-corrected chi connectivity index (χ4v) is 1.78. The van der Waals surface area contributed by atoms with E-state index in [1.165, 1.54) is 12.1 Å². The Morgan fingerprint density at radius 1 is 1.42 bits per heavy atom. The number of aliphatic hydroxyl groups is 1. The van der Waals surface area contributed by atoms with Gasteiger partial charge in [0, 0.05) is 11.3 Å². The van der Waals surface area contributed by atoms with Crippen LogP contribution < -0.4 is 10.6 Å². The van der Waals surface area contributed by atoms with E-state index >= 15 is 0 Å². The molecule has 0 saturated carbocycles. The van der Waals surface area contributed by atoms with Gasteiger partial charge in [0.1, 0.15) is 0 Å². The first-order chi connectivity index (χ1) is 9.01. The van der Waals surface area contributed by atoms with Gasteiger partial charge in [0.05, 0.1) is 13.0 Å². The Bertz CT molecular complexity index is 555. The van der Waals surface area contributed by atoms with Gasteiger partial charge >= 0.3 is 5.97 Å². The molecule has 0 spiro atoms. The average molecular weight is 264 g/mol. The molecule has 1 aliphatic rings. The van der Waals surface area contributed by atoms with E-state index in [1.807, 2.05) is 0 Å². The Morgan fingerprint density at radius 3 is 2.79 bits per heavy atom. The van der Waals surface area contributed by atoms with Crippen molar-refractivity contribution in [3.63, 3.8) is 0 Å². The number of anilines is 1. The molecule has 7 heteroatoms. The molecule has 1 atom stereocenters. The molecule has 0 fully saturated rings. The number of hydrogen-bond donors (Lipinski definition) is 4. The Morgan fingerprint density at radius 2 is 2.16 bits per heavy atom. The molecule has 0 radical (unpaired) electrons. The second-order valence-corrected chi connectivity index (χ2v) is 4.14. The van der Waals surface area contributed by atoms with Gasteiger partial charge < -0.3 is 20.8 Å². The largest absolute Gasteiger partial charge is 0.480 e. The first-order valence-electron chi connectivity index (χ1n) is 5.58. The first-order valence-corrected chi connectivity index (χ1v) is 5.58. The molecule has 1 aromatic rings. The normalized spacial score (nSPS) is 14.5. The van der Waals surface area contributed by atoms with Gasteiger partial charge in [-0.3, -0.25) is 9.59 Å². The van der Waals surface area contributed by atoms with Gasteiger partial charge in [0.25, 0.3) is 5.91 Å². The van der Waals surface area contributed by atoms with Crippen LogP contribution in [0.1, 0.15) is 15.9 Å². The van der Waals surface area contributed by atoms with E-state index in [1.54, 1.807) is 6.07 Å². The maximum atomic E-state index is 11.8. The molecule has 4 N–H and O–H groups in total. The summed E-state index contributed by atoms with van der Waals surface area (Å²) in [7, 11) is 0. The number of aliphatic carboxylic acids is 1. The Balaban J connectivity index is 2.15. The maximum Gasteiger partial charge on any atom is 0.328 e. The molecule has 1 aromatic carbocycles. The van der Waals surface area contributed by atoms with Crippen molar-refractivity contribution in [3.05, 3.63) is 29.3 Å². The molecule has 2 amide bonds. The summed E-state index contributed by atoms with van der Waals surface area (Å²) >= 11 is 0. The topological polar surface area (TPSA) is 116 Å². The van der Waals surface area contributed by atoms with E-state index in [9.17, 15) is 14.4 Å². The van der Waals surface area contributed by atoms with Crippen molar-refractivity contribution in [1.82, 2.24) is 5.32 Å². The van der Waals surface area contributed by atoms with Gasteiger partial charge in [-0.2, -0.15) is 0 Å². The van der Waals surface area contributed by atoms with Crippen LogP contribution in [0.2, 0.25) is 0 Å². The van der Waals surface area contributed by atoms with Crippen LogP contribution in [0.4, 0.5) is 5.69 Å². The van der Waals surface area contributed by atoms with Gasteiger partial charge in [0.15, 0.2) is 6.04 Å². The fourth-order valence-electron chi connectivity index (χ4n) is 1.78. The lowest BCUT2D eigenvalue weighted by Gasteiger charge is -2.12. The molecular weight excluding hydrogens is 252 g/mol. The maximum absolute atomic E-state index is 11.8. The van der Waals surface area contributed by atoms with Crippen molar-refractivity contribution in [2.75, 3.05) is 11.9 Å². The lowest BCUT2D eigenvalue weighted by Crippen LogP contribution is -2.43. The van der Waals surface area contributed by atoms with E-state index in [0.29, 0.717) is 5.69 Å². The van der Waals surface area contributed by atoms with Crippen LogP contribution in [0, 0.1) is 0 Å². The van der Waals surface area contributed by atoms with Crippen LogP contribution in [-0.2, 0) is 16.0 Å². The quantitative estimate of drug-likeness (QED) is 0.577. The molecule has 0 bridgehead atoms. The van der Waals surface area contributed by atoms with Crippen LogP contribution in [-0.4, -0.2) is 40.6 Å². The molecule has 1 unspecified atom stereocenters. The molecule has 0 aromatic heterocycles. The second kappa shape index (κ2) is 5.07. The summed E-state index contributed by atoms with van der Waals surface area (Å²) < 4.78 is 0. The molecule has 1 heterocycles. The highest BCUT2D eigenvalue weighted by Crippen LogP contribution is 2.23. The fraction of sp³-hybridized carbons (Fsp3) is 0.250. The molecule has 0 aliphatic carbocycles. The van der Waals surface area contributed by atoms with Crippen molar-refractivity contribution in [2.24, 2.45) is 0 Å². The van der Waals surface area contributed by atoms with Crippen molar-refractivity contribution >= 4 is 23.5 Å². The van der Waals surface area contributed by atoms with Crippen LogP contribution in [0.3, 0.4) is 0 Å². The number of amides is 2. The number of nitrogens with one attached hydrogen (secondary N) is 2. The number of benzene rings is 1. The number of fused-ring (bicyclic) bond motifs is 1. The third kappa shape index (κ3) is 2.71. The monoisotopic (exact) mass is 264 g/mol. The first kappa shape index (κ1) is 13.0. The molecule has 100 valence electrons. The minimum absolute atomic E-state index is 0.147. The summed E-state index contributed by atoms with van der Waals surface area (Å²) in [4.78, 5) is 33.7. The summed E-state index contributed by atoms with van der Waals surface area (Å²) in [5.41, 5.74) is 1.56. The minimum atomic E-state index is -1.35. The summed E-state index contributed by atoms with van der Waals surface area (Å²) in [5, 5.41) is 22.3. The zero-order chi connectivity index (χ0) is 14.0. The van der Waals surface area contributed by atoms with Gasteiger partial charge in [-0.15, -0.1) is 0 Å². The minimum Gasteiger partial charge on any atom is -0.480 e. The molecule has 0 saturated heterocycles. The highest BCUT2D eigenvalue weighted by molar-refractivity contribution is 6.02. The lowest BCUT2D eigenvalue weighted by molar-refractivity contribution is -0.140. The van der Waals surface area contributed by atoms with Crippen LogP contribution >= 0.6 is 0 Å². The Hall–Kier alpha value is -2.41. The number of rotatable bonds is 4. The van der Waals surface area contributed by atoms with Crippen LogP contribution in [0.15, 0.2) is 18.2 Å². The van der Waals surface area contributed by atoms with Gasteiger partial charge in [-0.1, -0.05) is 6.07 Å². The standard InChI is InChI=1S/C12H12N2O5/c15-5-9(12(18)19)14-11(17)7-2-1-6-4-10(16)13-8(6)3-7/h1-3,9,15H,4-5H2,(H,13,16)(H,14,17)(H,18,19). The third-order valence-electron chi connectivity index (χ3n) is 2.78. The summed E-state index contributed by atoms with van der Waals surface area (Å²) in [6.07, 6.45) is 0.269. The van der Waals surface area contributed by atoms with Gasteiger partial charge in [-0.25, -0.2) is 4.79 Å². The lowest BCUT2D eigenvalue weighted by atomic mass is 10.1. The van der Waals surface area contributed by atoms with Crippen molar-refractivity contribution in [2.45, 2.75) is 12.5 Å². The zero-order valence-corrected chi connectivity index (χ0v) is 9.84. The van der Waals surface area contributed by atoms with Gasteiger partial charge in [0.2, 0.25) is 5.91 Å². The van der Waals surface area contributed by atoms with Crippen molar-refractivity contribution in [3.8, 4) is 0 Å². The number of carboxylic acids is 1. The summed E-state index contributed by atoms with van der Waals surface area (Å²) in [6.45, 7) is -0.692. The third-order valence-corrected chi connectivity index (χ3v) is 2.78. The van der Waals surface area contributed by atoms with E-state index in [-0.39, 0.29) is 17.9 Å². The predicted molar refractivity (Wildman–Crippen MR) is 64.8 cm³/mol. The summed E-state index contributed by atoms with van der Waals surface area (Å²) in [6, 6.07) is 3.27. The average Bonchev–Trinajstić information content (AvgIpc) is 2.74. The van der Waals surface area contributed by atoms with E-state index < -0.39 is 24.5 Å². The van der Waals surface area contributed by atoms with Crippen LogP contribution in [0.5, 0.6) is 0 Å². The van der Waals surface area contributed by atoms with Crippen LogP contribution in [0.25, 0.3) is 0 Å². The zero-order valence-electron chi connectivity index (χ0n) is 9.84. The highest BCUT2D eigenvalue weighted by atomic mass is 16.4. The number of aliphatic hydroxyl groups excluding tert-OH is 1. The van der Waals surface area contributed by atoms with Gasteiger partial charge in [-0.05, 0) is 17.7 Å². The predicted octanol–water partition coefficient (Wildman–Crippen LogP) is -0.644. The smallest absolute Gasteiger partial charge is 0.328 e. The van der Waals surface area contributed by atoms with Crippen molar-refractivity contribution in [1.29, 1.82) is 0 Å². The van der Waals surface area contributed by atoms with Crippen molar-refractivity contribution < 1.29 is 24.6 Å². The number of hydrogen-bond acceptors (Lipinski definition) is 4. The number of carbonyl (C=O) groups excluding carboxylic acids is 2. The SMILES string of the molecule is O=C1Cc2ccc(C(=O)NC(CO)C(=O)O)cc2N1. The molecular formula is C12H12N2O5. The van der Waals surface area contributed by atoms with E-state index in [4.69, 9.17) is 10.2 Å². The molecule has 1 aliphatic heterocycles. The molecule has 7 nitrogen and oxygen atoms in total. The van der Waals surface area contributed by atoms with E-state index in [2.05, 4.69) is 10.6 Å². The van der Waals surface area contributed by atoms with E-state index in [0.717, 1.165) is 5.56 Å². The highest BCUT2D eigenvalue weighted by Gasteiger charge is 2.22. The number of carbonyl (C=O) groups is 3. The molecule has 2 rings (SSSR count). The Labute approximate surface area is 108 Å². The second-order valence-electron chi connectivity index (χ2n) is 4.14. The molecule has 19 heavy (non-hydrogen) atoms.